The fraction of sp³-hybridized carbons (Fsp3) is 0.423. The number of carbonyl (C=O) groups is 1. The van der Waals surface area contributed by atoms with Gasteiger partial charge in [-0.3, -0.25) is 4.79 Å². The van der Waals surface area contributed by atoms with Crippen molar-refractivity contribution in [3.63, 3.8) is 0 Å². The maximum absolute atomic E-state index is 13.5. The summed E-state index contributed by atoms with van der Waals surface area (Å²) >= 11 is 0. The van der Waals surface area contributed by atoms with Gasteiger partial charge >= 0.3 is 5.97 Å². The van der Waals surface area contributed by atoms with Gasteiger partial charge in [-0.2, -0.15) is 0 Å². The van der Waals surface area contributed by atoms with Crippen LogP contribution in [0, 0.1) is 0 Å². The summed E-state index contributed by atoms with van der Waals surface area (Å²) in [7, 11) is 0. The van der Waals surface area contributed by atoms with Gasteiger partial charge < -0.3 is 19.7 Å². The number of hydrogen-bond acceptors (Lipinski definition) is 6. The molecular weight excluding hydrogens is 418 g/mol. The van der Waals surface area contributed by atoms with Crippen LogP contribution < -0.4 is 10.9 Å². The first kappa shape index (κ1) is 20.4. The van der Waals surface area contributed by atoms with E-state index in [1.54, 1.807) is 17.6 Å². The van der Waals surface area contributed by atoms with Gasteiger partial charge in [0.25, 0.3) is 5.56 Å². The monoisotopic (exact) mass is 445 g/mol. The van der Waals surface area contributed by atoms with Gasteiger partial charge in [-0.1, -0.05) is 44.4 Å². The topological polar surface area (TPSA) is 93.5 Å². The molecule has 4 heterocycles. The van der Waals surface area contributed by atoms with Gasteiger partial charge in [0.2, 0.25) is 0 Å². The normalized spacial score (nSPS) is 21.9. The number of nitrogens with zero attached hydrogens (tertiary/aromatic N) is 2. The summed E-state index contributed by atoms with van der Waals surface area (Å²) < 4.78 is 6.89. The van der Waals surface area contributed by atoms with Gasteiger partial charge in [0, 0.05) is 22.6 Å². The van der Waals surface area contributed by atoms with Crippen molar-refractivity contribution < 1.29 is 14.6 Å². The maximum atomic E-state index is 13.5. The minimum Gasteiger partial charge on any atom is -0.458 e. The van der Waals surface area contributed by atoms with Gasteiger partial charge in [0.1, 0.15) is 6.61 Å². The van der Waals surface area contributed by atoms with Crippen LogP contribution in [0.25, 0.3) is 22.3 Å². The summed E-state index contributed by atoms with van der Waals surface area (Å²) in [6, 6.07) is 10.2. The number of fused-ring (bicyclic) bond motifs is 5. The fourth-order valence-electron chi connectivity index (χ4n) is 5.64. The van der Waals surface area contributed by atoms with Gasteiger partial charge in [-0.15, -0.1) is 0 Å². The molecule has 1 saturated carbocycles. The summed E-state index contributed by atoms with van der Waals surface area (Å²) in [6.07, 6.45) is 6.12. The van der Waals surface area contributed by atoms with Crippen LogP contribution >= 0.6 is 0 Å². The van der Waals surface area contributed by atoms with Gasteiger partial charge in [0.15, 0.2) is 5.60 Å². The standard InChI is InChI=1S/C26H27N3O4/c1-2-26(32)19-12-21-23-17(13-29(21)24(30)18(19)14-33-25(26)31)22(27-15-8-4-3-5-9-15)16-10-6-7-11-20(16)28-23/h6-7,10-12,15,32H,2-5,8-9,13-14H2,1H3,(H,27,28)/t26-/m0/s1. The lowest BCUT2D eigenvalue weighted by Crippen LogP contribution is -2.44. The van der Waals surface area contributed by atoms with Crippen molar-refractivity contribution in [3.8, 4) is 11.4 Å². The molecule has 170 valence electrons. The number of hydrogen-bond donors (Lipinski definition) is 2. The van der Waals surface area contributed by atoms with E-state index >= 15 is 0 Å². The maximum Gasteiger partial charge on any atom is 0.343 e. The van der Waals surface area contributed by atoms with Crippen LogP contribution in [0.2, 0.25) is 0 Å². The van der Waals surface area contributed by atoms with E-state index in [1.807, 2.05) is 18.2 Å². The number of cyclic esters (lactones) is 1. The van der Waals surface area contributed by atoms with E-state index in [2.05, 4.69) is 11.4 Å². The molecule has 0 saturated heterocycles. The zero-order valence-electron chi connectivity index (χ0n) is 18.7. The molecule has 7 nitrogen and oxygen atoms in total. The van der Waals surface area contributed by atoms with Crippen LogP contribution in [0.1, 0.15) is 62.1 Å². The number of nitrogens with one attached hydrogen (secondary N) is 1. The van der Waals surface area contributed by atoms with Gasteiger partial charge in [-0.25, -0.2) is 9.78 Å². The SMILES string of the molecule is CC[C@@]1(O)C(=O)OCc2c1cc1n(c2=O)Cc2c-1nc1ccccc1c2NC1CCCCC1. The van der Waals surface area contributed by atoms with Gasteiger partial charge in [-0.05, 0) is 31.4 Å². The number of anilines is 1. The molecule has 0 amide bonds. The first-order valence-corrected chi connectivity index (χ1v) is 11.9. The second-order valence-corrected chi connectivity index (χ2v) is 9.41. The molecule has 6 rings (SSSR count). The Morgan fingerprint density at radius 1 is 1.18 bits per heavy atom. The fourth-order valence-corrected chi connectivity index (χ4v) is 5.64. The third-order valence-electron chi connectivity index (χ3n) is 7.55. The first-order chi connectivity index (χ1) is 16.0. The molecule has 2 aromatic heterocycles. The van der Waals surface area contributed by atoms with Crippen LogP contribution in [-0.4, -0.2) is 26.7 Å². The number of benzene rings is 1. The third-order valence-corrected chi connectivity index (χ3v) is 7.55. The molecule has 3 aromatic rings. The highest BCUT2D eigenvalue weighted by Gasteiger charge is 2.45. The van der Waals surface area contributed by atoms with Crippen molar-refractivity contribution in [1.29, 1.82) is 0 Å². The predicted molar refractivity (Wildman–Crippen MR) is 125 cm³/mol. The average molecular weight is 446 g/mol. The molecule has 0 unspecified atom stereocenters. The Balaban J connectivity index is 1.57. The molecule has 1 atom stereocenters. The molecular formula is C26H27N3O4. The summed E-state index contributed by atoms with van der Waals surface area (Å²) in [6.45, 7) is 2.00. The number of aromatic nitrogens is 2. The smallest absolute Gasteiger partial charge is 0.343 e. The van der Waals surface area contributed by atoms with Crippen LogP contribution in [-0.2, 0) is 28.3 Å². The Labute approximate surface area is 191 Å². The number of pyridine rings is 2. The van der Waals surface area contributed by atoms with Crippen LogP contribution in [0.15, 0.2) is 35.1 Å². The molecule has 33 heavy (non-hydrogen) atoms. The summed E-state index contributed by atoms with van der Waals surface area (Å²) in [5.41, 5.74) is 2.94. The predicted octanol–water partition coefficient (Wildman–Crippen LogP) is 3.82. The lowest BCUT2D eigenvalue weighted by molar-refractivity contribution is -0.172. The van der Waals surface area contributed by atoms with Crippen molar-refractivity contribution in [3.05, 3.63) is 57.4 Å². The summed E-state index contributed by atoms with van der Waals surface area (Å²) in [5.74, 6) is -0.703. The van der Waals surface area contributed by atoms with Crippen LogP contribution in [0.3, 0.4) is 0 Å². The molecule has 0 bridgehead atoms. The number of carbonyl (C=O) groups excluding carboxylic acids is 1. The number of aliphatic hydroxyl groups is 1. The molecule has 2 aliphatic heterocycles. The minimum absolute atomic E-state index is 0.117. The lowest BCUT2D eigenvalue weighted by Gasteiger charge is -2.31. The van der Waals surface area contributed by atoms with E-state index < -0.39 is 11.6 Å². The van der Waals surface area contributed by atoms with E-state index in [1.165, 1.54) is 19.3 Å². The Bertz CT molecular complexity index is 1360. The average Bonchev–Trinajstić information content (AvgIpc) is 3.21. The Morgan fingerprint density at radius 3 is 2.76 bits per heavy atom. The van der Waals surface area contributed by atoms with Crippen molar-refractivity contribution in [2.24, 2.45) is 0 Å². The zero-order valence-corrected chi connectivity index (χ0v) is 18.7. The molecule has 1 fully saturated rings. The van der Waals surface area contributed by atoms with Crippen molar-refractivity contribution in [2.45, 2.75) is 70.2 Å². The van der Waals surface area contributed by atoms with Gasteiger partial charge in [0.05, 0.1) is 34.7 Å². The second-order valence-electron chi connectivity index (χ2n) is 9.41. The van der Waals surface area contributed by atoms with E-state index in [-0.39, 0.29) is 18.6 Å². The lowest BCUT2D eigenvalue weighted by atomic mass is 9.86. The molecule has 3 aliphatic rings. The molecule has 7 heteroatoms. The van der Waals surface area contributed by atoms with Crippen molar-refractivity contribution in [1.82, 2.24) is 9.55 Å². The Kier molecular flexibility index (Phi) is 4.59. The zero-order chi connectivity index (χ0) is 22.7. The molecule has 2 N–H and O–H groups in total. The minimum atomic E-state index is -1.81. The number of ether oxygens (including phenoxy) is 1. The van der Waals surface area contributed by atoms with Crippen molar-refractivity contribution in [2.75, 3.05) is 5.32 Å². The van der Waals surface area contributed by atoms with E-state index in [0.717, 1.165) is 40.7 Å². The highest BCUT2D eigenvalue weighted by Crippen LogP contribution is 2.42. The quantitative estimate of drug-likeness (QED) is 0.466. The number of para-hydroxylation sites is 1. The summed E-state index contributed by atoms with van der Waals surface area (Å²) in [5, 5.41) is 15.9. The Morgan fingerprint density at radius 2 is 1.97 bits per heavy atom. The second kappa shape index (κ2) is 7.42. The first-order valence-electron chi connectivity index (χ1n) is 11.9. The van der Waals surface area contributed by atoms with E-state index in [9.17, 15) is 14.7 Å². The highest BCUT2D eigenvalue weighted by molar-refractivity contribution is 5.97. The third kappa shape index (κ3) is 2.95. The van der Waals surface area contributed by atoms with E-state index in [0.29, 0.717) is 29.4 Å². The van der Waals surface area contributed by atoms with Crippen molar-refractivity contribution >= 4 is 22.6 Å². The molecule has 0 radical (unpaired) electrons. The number of rotatable bonds is 3. The molecule has 0 spiro atoms. The number of esters is 1. The molecule has 1 aliphatic carbocycles. The highest BCUT2D eigenvalue weighted by atomic mass is 16.6. The van der Waals surface area contributed by atoms with E-state index in [4.69, 9.17) is 9.72 Å². The largest absolute Gasteiger partial charge is 0.458 e. The Hall–Kier alpha value is -3.19. The molecule has 1 aromatic carbocycles. The van der Waals surface area contributed by atoms with Crippen LogP contribution in [0.5, 0.6) is 0 Å². The van der Waals surface area contributed by atoms with Crippen LogP contribution in [0.4, 0.5) is 5.69 Å². The summed E-state index contributed by atoms with van der Waals surface area (Å²) in [4.78, 5) is 30.8.